The van der Waals surface area contributed by atoms with Crippen LogP contribution in [0, 0.1) is 5.92 Å². The van der Waals surface area contributed by atoms with Crippen LogP contribution in [0.2, 0.25) is 0 Å². The lowest BCUT2D eigenvalue weighted by molar-refractivity contribution is -0.141. The first kappa shape index (κ1) is 13.2. The van der Waals surface area contributed by atoms with Gasteiger partial charge in [-0.25, -0.2) is 0 Å². The van der Waals surface area contributed by atoms with Gasteiger partial charge in [-0.2, -0.15) is 0 Å². The Morgan fingerprint density at radius 1 is 1.41 bits per heavy atom. The molecule has 1 unspecified atom stereocenters. The monoisotopic (exact) mass is 236 g/mol. The Morgan fingerprint density at radius 2 is 2.06 bits per heavy atom. The topological polar surface area (TPSA) is 79.3 Å². The summed E-state index contributed by atoms with van der Waals surface area (Å²) in [5.74, 6) is -1.33. The lowest BCUT2D eigenvalue weighted by atomic mass is 10.1. The van der Waals surface area contributed by atoms with Gasteiger partial charge in [0.2, 0.25) is 0 Å². The van der Waals surface area contributed by atoms with Crippen LogP contribution < -0.4 is 5.32 Å². The fraction of sp³-hybridized carbons (Fsp3) is 0.417. The molecule has 0 spiro atoms. The summed E-state index contributed by atoms with van der Waals surface area (Å²) >= 11 is 0. The van der Waals surface area contributed by atoms with Crippen molar-refractivity contribution in [3.05, 3.63) is 30.1 Å². The van der Waals surface area contributed by atoms with Crippen molar-refractivity contribution < 1.29 is 14.7 Å². The fourth-order valence-corrected chi connectivity index (χ4v) is 1.34. The molecule has 1 heterocycles. The van der Waals surface area contributed by atoms with Crippen molar-refractivity contribution >= 4 is 11.9 Å². The summed E-state index contributed by atoms with van der Waals surface area (Å²) in [4.78, 5) is 25.9. The van der Waals surface area contributed by atoms with Crippen LogP contribution in [0.4, 0.5) is 0 Å². The van der Waals surface area contributed by atoms with Crippen LogP contribution in [0.15, 0.2) is 24.5 Å². The quantitative estimate of drug-likeness (QED) is 0.730. The molecule has 0 radical (unpaired) electrons. The number of aliphatic carboxylic acids is 1. The summed E-state index contributed by atoms with van der Waals surface area (Å²) in [5.41, 5.74) is 0.561. The summed E-state index contributed by atoms with van der Waals surface area (Å²) in [6.45, 7) is 2.14. The van der Waals surface area contributed by atoms with E-state index in [1.54, 1.807) is 31.5 Å². The van der Waals surface area contributed by atoms with E-state index in [0.29, 0.717) is 24.9 Å². The Morgan fingerprint density at radius 3 is 2.65 bits per heavy atom. The Hall–Kier alpha value is -1.91. The molecule has 5 heteroatoms. The molecule has 17 heavy (non-hydrogen) atoms. The van der Waals surface area contributed by atoms with Crippen molar-refractivity contribution in [1.29, 1.82) is 0 Å². The van der Waals surface area contributed by atoms with E-state index < -0.39 is 5.97 Å². The Kier molecular flexibility index (Phi) is 5.13. The number of hydrogen-bond acceptors (Lipinski definition) is 3. The third-order valence-electron chi connectivity index (χ3n) is 2.46. The number of pyridine rings is 1. The van der Waals surface area contributed by atoms with Gasteiger partial charge < -0.3 is 10.4 Å². The number of hydrogen-bond donors (Lipinski definition) is 2. The van der Waals surface area contributed by atoms with Crippen molar-refractivity contribution in [2.75, 3.05) is 6.54 Å². The standard InChI is InChI=1S/C12H16N2O3/c1-9(12(16)17)3-2-6-14-11(15)10-4-7-13-8-5-10/h4-5,7-9H,2-3,6H2,1H3,(H,14,15)(H,16,17). The van der Waals surface area contributed by atoms with Crippen LogP contribution in [0.3, 0.4) is 0 Å². The molecule has 92 valence electrons. The second-order valence-corrected chi connectivity index (χ2v) is 3.87. The molecule has 0 aromatic carbocycles. The van der Waals surface area contributed by atoms with Crippen molar-refractivity contribution in [1.82, 2.24) is 10.3 Å². The number of carbonyl (C=O) groups is 2. The third kappa shape index (κ3) is 4.63. The molecule has 1 aromatic heterocycles. The van der Waals surface area contributed by atoms with E-state index in [-0.39, 0.29) is 11.8 Å². The number of amides is 1. The SMILES string of the molecule is CC(CCCNC(=O)c1ccncc1)C(=O)O. The van der Waals surface area contributed by atoms with Crippen molar-refractivity contribution in [3.63, 3.8) is 0 Å². The molecule has 0 aliphatic carbocycles. The highest BCUT2D eigenvalue weighted by Gasteiger charge is 2.10. The van der Waals surface area contributed by atoms with Crippen LogP contribution in [-0.4, -0.2) is 28.5 Å². The van der Waals surface area contributed by atoms with Gasteiger partial charge in [0.15, 0.2) is 0 Å². The highest BCUT2D eigenvalue weighted by atomic mass is 16.4. The zero-order chi connectivity index (χ0) is 12.7. The van der Waals surface area contributed by atoms with Gasteiger partial charge in [-0.3, -0.25) is 14.6 Å². The van der Waals surface area contributed by atoms with Gasteiger partial charge in [-0.1, -0.05) is 6.92 Å². The number of rotatable bonds is 6. The number of aromatic nitrogens is 1. The van der Waals surface area contributed by atoms with E-state index in [1.807, 2.05) is 0 Å². The Balaban J connectivity index is 2.24. The van der Waals surface area contributed by atoms with Gasteiger partial charge in [0, 0.05) is 24.5 Å². The highest BCUT2D eigenvalue weighted by Crippen LogP contribution is 2.04. The van der Waals surface area contributed by atoms with Gasteiger partial charge >= 0.3 is 5.97 Å². The van der Waals surface area contributed by atoms with Crippen LogP contribution in [0.1, 0.15) is 30.1 Å². The minimum Gasteiger partial charge on any atom is -0.481 e. The van der Waals surface area contributed by atoms with Crippen molar-refractivity contribution in [2.45, 2.75) is 19.8 Å². The molecule has 0 saturated carbocycles. The molecular weight excluding hydrogens is 220 g/mol. The maximum absolute atomic E-state index is 11.6. The highest BCUT2D eigenvalue weighted by molar-refractivity contribution is 5.93. The molecule has 5 nitrogen and oxygen atoms in total. The number of carboxylic acid groups (broad SMARTS) is 1. The second kappa shape index (κ2) is 6.62. The Labute approximate surface area is 99.9 Å². The average molecular weight is 236 g/mol. The van der Waals surface area contributed by atoms with Crippen molar-refractivity contribution in [2.24, 2.45) is 5.92 Å². The lowest BCUT2D eigenvalue weighted by Gasteiger charge is -2.07. The predicted molar refractivity (Wildman–Crippen MR) is 62.6 cm³/mol. The molecule has 0 bridgehead atoms. The van der Waals surface area contributed by atoms with Crippen molar-refractivity contribution in [3.8, 4) is 0 Å². The van der Waals surface area contributed by atoms with E-state index in [9.17, 15) is 9.59 Å². The number of nitrogens with one attached hydrogen (secondary N) is 1. The first-order chi connectivity index (χ1) is 8.11. The average Bonchev–Trinajstić information content (AvgIpc) is 2.35. The van der Waals surface area contributed by atoms with Gasteiger partial charge in [0.05, 0.1) is 5.92 Å². The maximum Gasteiger partial charge on any atom is 0.306 e. The summed E-state index contributed by atoms with van der Waals surface area (Å²) < 4.78 is 0. The fourth-order valence-electron chi connectivity index (χ4n) is 1.34. The number of nitrogens with zero attached hydrogens (tertiary/aromatic N) is 1. The zero-order valence-electron chi connectivity index (χ0n) is 9.72. The minimum absolute atomic E-state index is 0.157. The number of carboxylic acids is 1. The minimum atomic E-state index is -0.800. The number of carbonyl (C=O) groups excluding carboxylic acids is 1. The zero-order valence-corrected chi connectivity index (χ0v) is 9.72. The molecule has 1 aromatic rings. The smallest absolute Gasteiger partial charge is 0.306 e. The third-order valence-corrected chi connectivity index (χ3v) is 2.46. The largest absolute Gasteiger partial charge is 0.481 e. The second-order valence-electron chi connectivity index (χ2n) is 3.87. The van der Waals surface area contributed by atoms with E-state index in [1.165, 1.54) is 0 Å². The van der Waals surface area contributed by atoms with Gasteiger partial charge in [-0.05, 0) is 25.0 Å². The first-order valence-corrected chi connectivity index (χ1v) is 5.52. The van der Waals surface area contributed by atoms with Crippen LogP contribution in [0.25, 0.3) is 0 Å². The molecule has 0 saturated heterocycles. The summed E-state index contributed by atoms with van der Waals surface area (Å²) in [5, 5.41) is 11.4. The molecule has 2 N–H and O–H groups in total. The predicted octanol–water partition coefficient (Wildman–Crippen LogP) is 1.31. The summed E-state index contributed by atoms with van der Waals surface area (Å²) in [6, 6.07) is 3.27. The van der Waals surface area contributed by atoms with Gasteiger partial charge in [0.25, 0.3) is 5.91 Å². The van der Waals surface area contributed by atoms with Gasteiger partial charge in [0.1, 0.15) is 0 Å². The van der Waals surface area contributed by atoms with Crippen LogP contribution >= 0.6 is 0 Å². The maximum atomic E-state index is 11.6. The molecular formula is C12H16N2O3. The molecule has 1 rings (SSSR count). The molecule has 1 amide bonds. The van der Waals surface area contributed by atoms with E-state index in [2.05, 4.69) is 10.3 Å². The Bertz CT molecular complexity index is 379. The van der Waals surface area contributed by atoms with E-state index >= 15 is 0 Å². The molecule has 0 aliphatic rings. The lowest BCUT2D eigenvalue weighted by Crippen LogP contribution is -2.25. The molecule has 0 fully saturated rings. The van der Waals surface area contributed by atoms with Gasteiger partial charge in [-0.15, -0.1) is 0 Å². The normalized spacial score (nSPS) is 11.8. The van der Waals surface area contributed by atoms with E-state index in [0.717, 1.165) is 0 Å². The molecule has 0 aliphatic heterocycles. The molecule has 1 atom stereocenters. The van der Waals surface area contributed by atoms with E-state index in [4.69, 9.17) is 5.11 Å². The van der Waals surface area contributed by atoms with Crippen LogP contribution in [0.5, 0.6) is 0 Å². The summed E-state index contributed by atoms with van der Waals surface area (Å²) in [6.07, 6.45) is 4.33. The summed E-state index contributed by atoms with van der Waals surface area (Å²) in [7, 11) is 0. The van der Waals surface area contributed by atoms with Crippen LogP contribution in [-0.2, 0) is 4.79 Å². The first-order valence-electron chi connectivity index (χ1n) is 5.52.